The number of ether oxygens (including phenoxy) is 1. The van der Waals surface area contributed by atoms with E-state index in [9.17, 15) is 4.79 Å². The summed E-state index contributed by atoms with van der Waals surface area (Å²) in [6.45, 7) is 0. The lowest BCUT2D eigenvalue weighted by molar-refractivity contribution is -0.123. The summed E-state index contributed by atoms with van der Waals surface area (Å²) in [5, 5.41) is 2.85. The van der Waals surface area contributed by atoms with Crippen LogP contribution in [-0.2, 0) is 11.2 Å². The fourth-order valence-corrected chi connectivity index (χ4v) is 2.45. The lowest BCUT2D eigenvalue weighted by Gasteiger charge is -2.26. The molecule has 2 aromatic carbocycles. The van der Waals surface area contributed by atoms with Gasteiger partial charge in [-0.1, -0.05) is 12.1 Å². The molecule has 1 amide bonds. The normalized spacial score (nSPS) is 16.5. The quantitative estimate of drug-likeness (QED) is 0.853. The molecular weight excluding hydrogens is 278 g/mol. The molecule has 1 aliphatic rings. The smallest absolute Gasteiger partial charge is 0.265 e. The highest BCUT2D eigenvalue weighted by Gasteiger charge is 2.27. The number of fused-ring (bicyclic) bond motifs is 1. The number of benzene rings is 2. The summed E-state index contributed by atoms with van der Waals surface area (Å²) in [5.74, 6) is 0.512. The minimum Gasteiger partial charge on any atom is -0.478 e. The standard InChI is InChI=1S/C17H19N3O2/c1-20(2)13-6-3-11(4-7-13)9-16-17(21)19-14-10-12(18)5-8-15(14)22-16/h3-8,10,16H,9,18H2,1-2H3,(H,19,21). The number of carbonyl (C=O) groups is 1. The van der Waals surface area contributed by atoms with E-state index in [0.717, 1.165) is 11.3 Å². The zero-order chi connectivity index (χ0) is 15.7. The molecule has 0 saturated carbocycles. The number of rotatable bonds is 3. The van der Waals surface area contributed by atoms with Crippen LogP contribution in [0.5, 0.6) is 5.75 Å². The van der Waals surface area contributed by atoms with Gasteiger partial charge in [0.1, 0.15) is 5.75 Å². The van der Waals surface area contributed by atoms with E-state index < -0.39 is 6.10 Å². The molecule has 0 spiro atoms. The maximum absolute atomic E-state index is 12.2. The SMILES string of the molecule is CN(C)c1ccc(CC2Oc3ccc(N)cc3NC2=O)cc1. The van der Waals surface area contributed by atoms with Crippen LogP contribution in [0.15, 0.2) is 42.5 Å². The largest absolute Gasteiger partial charge is 0.478 e. The van der Waals surface area contributed by atoms with Crippen LogP contribution in [0.2, 0.25) is 0 Å². The molecular formula is C17H19N3O2. The van der Waals surface area contributed by atoms with Gasteiger partial charge in [-0.3, -0.25) is 4.79 Å². The van der Waals surface area contributed by atoms with Crippen LogP contribution in [0.4, 0.5) is 17.1 Å². The first kappa shape index (κ1) is 14.3. The molecule has 0 saturated heterocycles. The Bertz CT molecular complexity index is 696. The molecule has 1 aliphatic heterocycles. The second-order valence-electron chi connectivity index (χ2n) is 5.62. The van der Waals surface area contributed by atoms with Gasteiger partial charge in [0.05, 0.1) is 5.69 Å². The minimum absolute atomic E-state index is 0.144. The van der Waals surface area contributed by atoms with E-state index in [-0.39, 0.29) is 5.91 Å². The number of nitrogens with two attached hydrogens (primary N) is 1. The second kappa shape index (κ2) is 5.60. The van der Waals surface area contributed by atoms with Crippen molar-refractivity contribution in [3.63, 3.8) is 0 Å². The number of hydrogen-bond donors (Lipinski definition) is 2. The molecule has 1 unspecified atom stereocenters. The van der Waals surface area contributed by atoms with Gasteiger partial charge in [-0.05, 0) is 35.9 Å². The van der Waals surface area contributed by atoms with Gasteiger partial charge in [0.15, 0.2) is 6.10 Å². The number of nitrogens with one attached hydrogen (secondary N) is 1. The Morgan fingerprint density at radius 1 is 1.18 bits per heavy atom. The topological polar surface area (TPSA) is 67.6 Å². The van der Waals surface area contributed by atoms with Crippen molar-refractivity contribution in [2.75, 3.05) is 30.0 Å². The van der Waals surface area contributed by atoms with Gasteiger partial charge >= 0.3 is 0 Å². The predicted molar refractivity (Wildman–Crippen MR) is 88.4 cm³/mol. The number of anilines is 3. The summed E-state index contributed by atoms with van der Waals surface area (Å²) in [5.41, 5.74) is 9.12. The van der Waals surface area contributed by atoms with E-state index in [4.69, 9.17) is 10.5 Å². The van der Waals surface area contributed by atoms with Crippen molar-refractivity contribution < 1.29 is 9.53 Å². The van der Waals surface area contributed by atoms with Crippen LogP contribution < -0.4 is 20.7 Å². The van der Waals surface area contributed by atoms with Crippen LogP contribution in [0, 0.1) is 0 Å². The third-order valence-electron chi connectivity index (χ3n) is 3.70. The highest BCUT2D eigenvalue weighted by atomic mass is 16.5. The van der Waals surface area contributed by atoms with Crippen molar-refractivity contribution >= 4 is 23.0 Å². The van der Waals surface area contributed by atoms with Crippen molar-refractivity contribution in [1.29, 1.82) is 0 Å². The summed E-state index contributed by atoms with van der Waals surface area (Å²) in [7, 11) is 3.99. The first-order valence-corrected chi connectivity index (χ1v) is 7.16. The molecule has 1 heterocycles. The van der Waals surface area contributed by atoms with Crippen molar-refractivity contribution in [1.82, 2.24) is 0 Å². The highest BCUT2D eigenvalue weighted by Crippen LogP contribution is 2.32. The van der Waals surface area contributed by atoms with E-state index in [1.54, 1.807) is 18.2 Å². The molecule has 5 nitrogen and oxygen atoms in total. The summed E-state index contributed by atoms with van der Waals surface area (Å²) in [4.78, 5) is 14.2. The molecule has 0 aliphatic carbocycles. The van der Waals surface area contributed by atoms with Gasteiger partial charge in [0, 0.05) is 31.9 Å². The van der Waals surface area contributed by atoms with E-state index in [1.165, 1.54) is 0 Å². The highest BCUT2D eigenvalue weighted by molar-refractivity contribution is 5.98. The number of carbonyl (C=O) groups excluding carboxylic acids is 1. The van der Waals surface area contributed by atoms with Crippen LogP contribution in [0.25, 0.3) is 0 Å². The van der Waals surface area contributed by atoms with E-state index in [0.29, 0.717) is 23.5 Å². The molecule has 3 rings (SSSR count). The Labute approximate surface area is 129 Å². The molecule has 5 heteroatoms. The van der Waals surface area contributed by atoms with Crippen LogP contribution in [0.3, 0.4) is 0 Å². The lowest BCUT2D eigenvalue weighted by atomic mass is 10.1. The van der Waals surface area contributed by atoms with Gasteiger partial charge in [0.2, 0.25) is 0 Å². The molecule has 0 aromatic heterocycles. The van der Waals surface area contributed by atoms with Crippen molar-refractivity contribution in [3.8, 4) is 5.75 Å². The molecule has 0 fully saturated rings. The maximum atomic E-state index is 12.2. The zero-order valence-electron chi connectivity index (χ0n) is 12.7. The predicted octanol–water partition coefficient (Wildman–Crippen LogP) is 2.28. The molecule has 1 atom stereocenters. The van der Waals surface area contributed by atoms with E-state index in [2.05, 4.69) is 5.32 Å². The monoisotopic (exact) mass is 297 g/mol. The maximum Gasteiger partial charge on any atom is 0.265 e. The van der Waals surface area contributed by atoms with Gasteiger partial charge in [0.25, 0.3) is 5.91 Å². The molecule has 22 heavy (non-hydrogen) atoms. The number of amides is 1. The summed E-state index contributed by atoms with van der Waals surface area (Å²) in [6.07, 6.45) is 0.00456. The second-order valence-corrected chi connectivity index (χ2v) is 5.62. The molecule has 2 aromatic rings. The summed E-state index contributed by atoms with van der Waals surface area (Å²) < 4.78 is 5.80. The van der Waals surface area contributed by atoms with Gasteiger partial charge in [-0.15, -0.1) is 0 Å². The van der Waals surface area contributed by atoms with E-state index in [1.807, 2.05) is 43.3 Å². The minimum atomic E-state index is -0.527. The fourth-order valence-electron chi connectivity index (χ4n) is 2.45. The zero-order valence-corrected chi connectivity index (χ0v) is 12.7. The summed E-state index contributed by atoms with van der Waals surface area (Å²) >= 11 is 0. The molecule has 0 bridgehead atoms. The molecule has 3 N–H and O–H groups in total. The Balaban J connectivity index is 1.75. The first-order chi connectivity index (χ1) is 10.5. The first-order valence-electron chi connectivity index (χ1n) is 7.16. The Kier molecular flexibility index (Phi) is 3.63. The lowest BCUT2D eigenvalue weighted by Crippen LogP contribution is -2.38. The summed E-state index contributed by atoms with van der Waals surface area (Å²) in [6, 6.07) is 13.4. The van der Waals surface area contributed by atoms with Crippen LogP contribution >= 0.6 is 0 Å². The van der Waals surface area contributed by atoms with Crippen molar-refractivity contribution in [2.24, 2.45) is 0 Å². The van der Waals surface area contributed by atoms with Gasteiger partial charge in [-0.2, -0.15) is 0 Å². The number of hydrogen-bond acceptors (Lipinski definition) is 4. The van der Waals surface area contributed by atoms with Gasteiger partial charge < -0.3 is 20.7 Å². The van der Waals surface area contributed by atoms with E-state index >= 15 is 0 Å². The van der Waals surface area contributed by atoms with Crippen LogP contribution in [0.1, 0.15) is 5.56 Å². The van der Waals surface area contributed by atoms with Crippen molar-refractivity contribution in [3.05, 3.63) is 48.0 Å². The third-order valence-corrected chi connectivity index (χ3v) is 3.70. The average molecular weight is 297 g/mol. The van der Waals surface area contributed by atoms with Crippen LogP contribution in [-0.4, -0.2) is 26.1 Å². The Morgan fingerprint density at radius 2 is 1.91 bits per heavy atom. The average Bonchev–Trinajstić information content (AvgIpc) is 2.49. The van der Waals surface area contributed by atoms with Gasteiger partial charge in [-0.25, -0.2) is 0 Å². The fraction of sp³-hybridized carbons (Fsp3) is 0.235. The number of nitrogen functional groups attached to an aromatic ring is 1. The third kappa shape index (κ3) is 2.83. The number of nitrogens with zero attached hydrogens (tertiary/aromatic N) is 1. The molecule has 114 valence electrons. The Morgan fingerprint density at radius 3 is 2.59 bits per heavy atom. The van der Waals surface area contributed by atoms with Crippen molar-refractivity contribution in [2.45, 2.75) is 12.5 Å². The molecule has 0 radical (unpaired) electrons. The Hall–Kier alpha value is -2.69.